The van der Waals surface area contributed by atoms with E-state index in [4.69, 9.17) is 22.1 Å². The Morgan fingerprint density at radius 1 is 1.07 bits per heavy atom. The van der Waals surface area contributed by atoms with Crippen LogP contribution in [0.25, 0.3) is 0 Å². The van der Waals surface area contributed by atoms with E-state index in [0.717, 1.165) is 16.7 Å². The van der Waals surface area contributed by atoms with Crippen LogP contribution in [-0.2, 0) is 14.3 Å². The van der Waals surface area contributed by atoms with E-state index < -0.39 is 30.6 Å². The van der Waals surface area contributed by atoms with Crippen LogP contribution < -0.4 is 16.4 Å². The number of nitrogens with two attached hydrogens (primary N) is 1. The number of hydrogen-bond acceptors (Lipinski definition) is 4. The molecule has 4 N–H and O–H groups in total. The fourth-order valence-corrected chi connectivity index (χ4v) is 3.17. The van der Waals surface area contributed by atoms with Gasteiger partial charge in [0, 0.05) is 10.7 Å². The van der Waals surface area contributed by atoms with Crippen LogP contribution in [0.1, 0.15) is 34.7 Å². The number of esters is 1. The maximum atomic E-state index is 12.2. The maximum Gasteiger partial charge on any atom is 0.312 e. The smallest absolute Gasteiger partial charge is 0.312 e. The molecule has 0 heterocycles. The summed E-state index contributed by atoms with van der Waals surface area (Å²) in [6, 6.07) is 9.07. The van der Waals surface area contributed by atoms with Gasteiger partial charge in [0.25, 0.3) is 5.91 Å². The molecule has 3 amide bonds. The highest BCUT2D eigenvalue weighted by atomic mass is 35.5. The Labute approximate surface area is 174 Å². The van der Waals surface area contributed by atoms with E-state index in [1.807, 2.05) is 32.9 Å². The van der Waals surface area contributed by atoms with Crippen molar-refractivity contribution in [2.45, 2.75) is 33.2 Å². The summed E-state index contributed by atoms with van der Waals surface area (Å²) in [7, 11) is 0. The van der Waals surface area contributed by atoms with Gasteiger partial charge >= 0.3 is 12.0 Å². The van der Waals surface area contributed by atoms with Crippen molar-refractivity contribution in [2.24, 2.45) is 5.73 Å². The second kappa shape index (κ2) is 9.93. The standard InChI is InChI=1S/C21H24ClN3O4/c1-12-8-13(2)20(14(3)9-12)25-18(26)11-29-19(27)10-17(24-21(23)28)15-4-6-16(22)7-5-15/h4-9,17H,10-11H2,1-3H3,(H,25,26)(H3,23,24,28)/t17-/m1/s1. The lowest BCUT2D eigenvalue weighted by molar-refractivity contribution is -0.147. The molecule has 154 valence electrons. The second-order valence-corrected chi connectivity index (χ2v) is 7.24. The summed E-state index contributed by atoms with van der Waals surface area (Å²) < 4.78 is 5.07. The zero-order valence-electron chi connectivity index (χ0n) is 16.5. The molecular weight excluding hydrogens is 394 g/mol. The van der Waals surface area contributed by atoms with Crippen molar-refractivity contribution in [1.82, 2.24) is 5.32 Å². The molecule has 2 aromatic rings. The number of benzene rings is 2. The first kappa shape index (κ1) is 22.2. The van der Waals surface area contributed by atoms with Gasteiger partial charge in [-0.15, -0.1) is 0 Å². The van der Waals surface area contributed by atoms with Crippen molar-refractivity contribution >= 4 is 35.2 Å². The first-order chi connectivity index (χ1) is 13.7. The van der Waals surface area contributed by atoms with Gasteiger partial charge in [-0.05, 0) is 49.6 Å². The van der Waals surface area contributed by atoms with Crippen LogP contribution in [-0.4, -0.2) is 24.5 Å². The zero-order chi connectivity index (χ0) is 21.6. The lowest BCUT2D eigenvalue weighted by Gasteiger charge is -2.17. The SMILES string of the molecule is Cc1cc(C)c(NC(=O)COC(=O)C[C@@H](NC(N)=O)c2ccc(Cl)cc2)c(C)c1. The highest BCUT2D eigenvalue weighted by molar-refractivity contribution is 6.30. The van der Waals surface area contributed by atoms with Crippen LogP contribution in [0.3, 0.4) is 0 Å². The predicted molar refractivity (Wildman–Crippen MR) is 112 cm³/mol. The van der Waals surface area contributed by atoms with Gasteiger partial charge in [-0.2, -0.15) is 0 Å². The number of carbonyl (C=O) groups is 3. The molecule has 0 radical (unpaired) electrons. The number of amides is 3. The number of nitrogens with one attached hydrogen (secondary N) is 2. The summed E-state index contributed by atoms with van der Waals surface area (Å²) in [6.45, 7) is 5.34. The quantitative estimate of drug-likeness (QED) is 0.598. The molecule has 2 aromatic carbocycles. The van der Waals surface area contributed by atoms with Crippen LogP contribution >= 0.6 is 11.6 Å². The Morgan fingerprint density at radius 3 is 2.21 bits per heavy atom. The molecule has 0 aromatic heterocycles. The molecule has 0 aliphatic carbocycles. The highest BCUT2D eigenvalue weighted by Crippen LogP contribution is 2.22. The van der Waals surface area contributed by atoms with E-state index in [2.05, 4.69) is 10.6 Å². The van der Waals surface area contributed by atoms with Crippen molar-refractivity contribution in [3.63, 3.8) is 0 Å². The summed E-state index contributed by atoms with van der Waals surface area (Å²) in [4.78, 5) is 35.6. The molecule has 0 aliphatic rings. The van der Waals surface area contributed by atoms with Gasteiger partial charge in [-0.1, -0.05) is 41.4 Å². The summed E-state index contributed by atoms with van der Waals surface area (Å²) in [6.07, 6.45) is -0.180. The fourth-order valence-electron chi connectivity index (χ4n) is 3.04. The molecule has 0 saturated heterocycles. The third kappa shape index (κ3) is 6.80. The monoisotopic (exact) mass is 417 g/mol. The number of urea groups is 1. The van der Waals surface area contributed by atoms with E-state index >= 15 is 0 Å². The van der Waals surface area contributed by atoms with Gasteiger partial charge in [-0.3, -0.25) is 9.59 Å². The van der Waals surface area contributed by atoms with Crippen LogP contribution in [0, 0.1) is 20.8 Å². The molecule has 0 unspecified atom stereocenters. The van der Waals surface area contributed by atoms with Gasteiger partial charge in [0.15, 0.2) is 6.61 Å². The van der Waals surface area contributed by atoms with Crippen LogP contribution in [0.15, 0.2) is 36.4 Å². The molecule has 0 fully saturated rings. The lowest BCUT2D eigenvalue weighted by Crippen LogP contribution is -2.35. The topological polar surface area (TPSA) is 111 Å². The molecular formula is C21H24ClN3O4. The molecule has 7 nitrogen and oxygen atoms in total. The van der Waals surface area contributed by atoms with Gasteiger partial charge in [-0.25, -0.2) is 4.79 Å². The molecule has 8 heteroatoms. The Balaban J connectivity index is 1.95. The number of halogens is 1. The summed E-state index contributed by atoms with van der Waals surface area (Å²) >= 11 is 5.86. The average Bonchev–Trinajstić information content (AvgIpc) is 2.62. The third-order valence-corrected chi connectivity index (χ3v) is 4.52. The zero-order valence-corrected chi connectivity index (χ0v) is 17.3. The predicted octanol–water partition coefficient (Wildman–Crippen LogP) is 3.55. The minimum absolute atomic E-state index is 0.180. The Hall–Kier alpha value is -3.06. The molecule has 1 atom stereocenters. The molecule has 0 aliphatic heterocycles. The number of ether oxygens (including phenoxy) is 1. The van der Waals surface area contributed by atoms with E-state index in [0.29, 0.717) is 16.3 Å². The molecule has 0 saturated carbocycles. The summed E-state index contributed by atoms with van der Waals surface area (Å²) in [5.74, 6) is -1.09. The van der Waals surface area contributed by atoms with E-state index in [1.165, 1.54) is 0 Å². The Morgan fingerprint density at radius 2 is 1.66 bits per heavy atom. The number of carbonyl (C=O) groups excluding carboxylic acids is 3. The van der Waals surface area contributed by atoms with Crippen molar-refractivity contribution in [2.75, 3.05) is 11.9 Å². The number of hydrogen-bond donors (Lipinski definition) is 3. The average molecular weight is 418 g/mol. The molecule has 29 heavy (non-hydrogen) atoms. The minimum atomic E-state index is -0.777. The van der Waals surface area contributed by atoms with Crippen LogP contribution in [0.2, 0.25) is 5.02 Å². The number of anilines is 1. The van der Waals surface area contributed by atoms with Crippen molar-refractivity contribution in [3.05, 3.63) is 63.7 Å². The van der Waals surface area contributed by atoms with Gasteiger partial charge in [0.05, 0.1) is 12.5 Å². The summed E-state index contributed by atoms with van der Waals surface area (Å²) in [5, 5.41) is 5.77. The van der Waals surface area contributed by atoms with Gasteiger partial charge < -0.3 is 21.1 Å². The van der Waals surface area contributed by atoms with Crippen molar-refractivity contribution in [3.8, 4) is 0 Å². The van der Waals surface area contributed by atoms with Gasteiger partial charge in [0.1, 0.15) is 0 Å². The van der Waals surface area contributed by atoms with Crippen LogP contribution in [0.4, 0.5) is 10.5 Å². The third-order valence-electron chi connectivity index (χ3n) is 4.27. The largest absolute Gasteiger partial charge is 0.455 e. The Bertz CT molecular complexity index is 890. The molecule has 2 rings (SSSR count). The highest BCUT2D eigenvalue weighted by Gasteiger charge is 2.19. The Kier molecular flexibility index (Phi) is 7.61. The summed E-state index contributed by atoms with van der Waals surface area (Å²) in [5.41, 5.74) is 9.48. The minimum Gasteiger partial charge on any atom is -0.455 e. The number of aryl methyl sites for hydroxylation is 3. The second-order valence-electron chi connectivity index (χ2n) is 6.80. The molecule has 0 bridgehead atoms. The lowest BCUT2D eigenvalue weighted by atomic mass is 10.0. The first-order valence-corrected chi connectivity index (χ1v) is 9.38. The number of primary amides is 1. The van der Waals surface area contributed by atoms with Crippen LogP contribution in [0.5, 0.6) is 0 Å². The van der Waals surface area contributed by atoms with Crippen molar-refractivity contribution in [1.29, 1.82) is 0 Å². The van der Waals surface area contributed by atoms with Crippen molar-refractivity contribution < 1.29 is 19.1 Å². The van der Waals surface area contributed by atoms with E-state index in [-0.39, 0.29) is 6.42 Å². The normalized spacial score (nSPS) is 11.4. The van der Waals surface area contributed by atoms with Gasteiger partial charge in [0.2, 0.25) is 0 Å². The molecule has 0 spiro atoms. The van der Waals surface area contributed by atoms with E-state index in [9.17, 15) is 14.4 Å². The first-order valence-electron chi connectivity index (χ1n) is 9.00. The fraction of sp³-hybridized carbons (Fsp3) is 0.286. The maximum absolute atomic E-state index is 12.2. The van der Waals surface area contributed by atoms with E-state index in [1.54, 1.807) is 24.3 Å². The number of rotatable bonds is 7.